The molecule has 34 heavy (non-hydrogen) atoms. The van der Waals surface area contributed by atoms with Gasteiger partial charge in [-0.15, -0.1) is 0 Å². The van der Waals surface area contributed by atoms with Gasteiger partial charge in [0.1, 0.15) is 30.1 Å². The predicted octanol–water partition coefficient (Wildman–Crippen LogP) is 7.16. The van der Waals surface area contributed by atoms with Crippen LogP contribution in [0.3, 0.4) is 0 Å². The molecular formula is C30H23F2N2+. The summed E-state index contributed by atoms with van der Waals surface area (Å²) in [6.45, 7) is 1.88. The molecule has 0 saturated carbocycles. The smallest absolute Gasteiger partial charge is 0.234 e. The normalized spacial score (nSPS) is 10.9. The molecule has 5 aromatic rings. The number of nitrogens with zero attached hydrogens (tertiary/aromatic N) is 2. The third-order valence-corrected chi connectivity index (χ3v) is 5.95. The minimum absolute atomic E-state index is 0.283. The highest BCUT2D eigenvalue weighted by Gasteiger charge is 2.23. The summed E-state index contributed by atoms with van der Waals surface area (Å²) in [7, 11) is 1.96. The fourth-order valence-corrected chi connectivity index (χ4v) is 4.26. The average molecular weight is 450 g/mol. The maximum atomic E-state index is 13.8. The molecule has 0 bridgehead atoms. The van der Waals surface area contributed by atoms with E-state index in [0.29, 0.717) is 5.69 Å². The fraction of sp³-hybridized carbons (Fsp3) is 0.0667. The van der Waals surface area contributed by atoms with E-state index in [4.69, 9.17) is 4.98 Å². The monoisotopic (exact) mass is 449 g/mol. The maximum absolute atomic E-state index is 13.8. The molecule has 0 fully saturated rings. The molecule has 166 valence electrons. The molecule has 1 aromatic heterocycles. The van der Waals surface area contributed by atoms with Crippen LogP contribution >= 0.6 is 0 Å². The first kappa shape index (κ1) is 21.7. The summed E-state index contributed by atoms with van der Waals surface area (Å²) in [5.41, 5.74) is 8.02. The van der Waals surface area contributed by atoms with Crippen molar-refractivity contribution in [2.45, 2.75) is 6.92 Å². The Kier molecular flexibility index (Phi) is 5.72. The van der Waals surface area contributed by atoms with Crippen LogP contribution in [0, 0.1) is 18.6 Å². The molecule has 0 unspecified atom stereocenters. The van der Waals surface area contributed by atoms with Gasteiger partial charge in [0.15, 0.2) is 6.20 Å². The maximum Gasteiger partial charge on any atom is 0.239 e. The van der Waals surface area contributed by atoms with Crippen molar-refractivity contribution in [2.24, 2.45) is 7.05 Å². The van der Waals surface area contributed by atoms with Crippen LogP contribution in [0.4, 0.5) is 8.78 Å². The van der Waals surface area contributed by atoms with Crippen LogP contribution in [0.1, 0.15) is 5.56 Å². The first-order chi connectivity index (χ1) is 16.5. The summed E-state index contributed by atoms with van der Waals surface area (Å²) < 4.78 is 29.5. The van der Waals surface area contributed by atoms with Crippen LogP contribution < -0.4 is 4.57 Å². The van der Waals surface area contributed by atoms with Gasteiger partial charge in [0.25, 0.3) is 0 Å². The zero-order valence-electron chi connectivity index (χ0n) is 19.0. The van der Waals surface area contributed by atoms with E-state index in [9.17, 15) is 8.78 Å². The molecule has 1 heterocycles. The molecule has 4 aromatic carbocycles. The van der Waals surface area contributed by atoms with Gasteiger partial charge in [0.2, 0.25) is 5.69 Å². The van der Waals surface area contributed by atoms with Crippen LogP contribution in [0.5, 0.6) is 0 Å². The lowest BCUT2D eigenvalue weighted by atomic mass is 9.98. The second-order valence-electron chi connectivity index (χ2n) is 8.35. The summed E-state index contributed by atoms with van der Waals surface area (Å²) in [4.78, 5) is 5.04. The van der Waals surface area contributed by atoms with Crippen LogP contribution in [0.15, 0.2) is 103 Å². The topological polar surface area (TPSA) is 16.8 Å². The van der Waals surface area contributed by atoms with Crippen LogP contribution in [-0.4, -0.2) is 4.98 Å². The minimum atomic E-state index is -0.306. The van der Waals surface area contributed by atoms with Crippen LogP contribution in [0.2, 0.25) is 0 Å². The van der Waals surface area contributed by atoms with Crippen LogP contribution in [0.25, 0.3) is 44.9 Å². The van der Waals surface area contributed by atoms with Crippen molar-refractivity contribution in [3.63, 3.8) is 0 Å². The Hall–Kier alpha value is -4.18. The van der Waals surface area contributed by atoms with Crippen molar-refractivity contribution in [3.05, 3.63) is 120 Å². The van der Waals surface area contributed by atoms with Crippen molar-refractivity contribution >= 4 is 0 Å². The lowest BCUT2D eigenvalue weighted by molar-refractivity contribution is -0.659. The van der Waals surface area contributed by atoms with E-state index in [0.717, 1.165) is 44.8 Å². The van der Waals surface area contributed by atoms with Crippen molar-refractivity contribution in [3.8, 4) is 44.9 Å². The highest BCUT2D eigenvalue weighted by Crippen LogP contribution is 2.33. The molecule has 0 spiro atoms. The molecule has 5 rings (SSSR count). The third-order valence-electron chi connectivity index (χ3n) is 5.95. The highest BCUT2D eigenvalue weighted by atomic mass is 19.1. The molecule has 0 radical (unpaired) electrons. The van der Waals surface area contributed by atoms with E-state index in [-0.39, 0.29) is 11.6 Å². The molecule has 0 amide bonds. The molecule has 4 heteroatoms. The van der Waals surface area contributed by atoms with Gasteiger partial charge in [0.05, 0.1) is 5.56 Å². The van der Waals surface area contributed by atoms with Gasteiger partial charge in [-0.1, -0.05) is 48.5 Å². The molecule has 0 atom stereocenters. The van der Waals surface area contributed by atoms with E-state index in [2.05, 4.69) is 24.3 Å². The summed E-state index contributed by atoms with van der Waals surface area (Å²) in [6, 6.07) is 29.5. The first-order valence-electron chi connectivity index (χ1n) is 11.1. The highest BCUT2D eigenvalue weighted by molar-refractivity contribution is 5.79. The largest absolute Gasteiger partial charge is 0.239 e. The van der Waals surface area contributed by atoms with E-state index in [1.54, 1.807) is 18.2 Å². The van der Waals surface area contributed by atoms with Crippen molar-refractivity contribution in [1.29, 1.82) is 0 Å². The number of hydrogen-bond donors (Lipinski definition) is 0. The standard InChI is InChI=1S/C30H23F2N2/c1-20-17-26(32)15-16-27(20)30-29(22-11-13-25(31)14-12-22)33-28(19-34(30)2)24-10-6-9-23(18-24)21-7-4-3-5-8-21/h3-19H,1-2H3/q+1. The number of hydrogen-bond acceptors (Lipinski definition) is 1. The molecule has 0 N–H and O–H groups in total. The number of benzene rings is 4. The Morgan fingerprint density at radius 3 is 2.06 bits per heavy atom. The molecule has 0 aliphatic carbocycles. The SMILES string of the molecule is Cc1cc(F)ccc1-c1c(-c2ccc(F)cc2)nc(-c2cccc(-c3ccccc3)c2)c[n+]1C. The van der Waals surface area contributed by atoms with Gasteiger partial charge < -0.3 is 0 Å². The lowest BCUT2D eigenvalue weighted by Crippen LogP contribution is -2.32. The zero-order chi connectivity index (χ0) is 23.7. The Balaban J connectivity index is 1.72. The van der Waals surface area contributed by atoms with Gasteiger partial charge in [-0.25, -0.2) is 13.8 Å². The minimum Gasteiger partial charge on any atom is -0.234 e. The summed E-state index contributed by atoms with van der Waals surface area (Å²) in [6.07, 6.45) is 1.98. The van der Waals surface area contributed by atoms with E-state index < -0.39 is 0 Å². The number of rotatable bonds is 4. The second-order valence-corrected chi connectivity index (χ2v) is 8.35. The number of halogens is 2. The summed E-state index contributed by atoms with van der Waals surface area (Å²) >= 11 is 0. The van der Waals surface area contributed by atoms with E-state index in [1.807, 2.05) is 55.1 Å². The van der Waals surface area contributed by atoms with Gasteiger partial charge in [-0.05, 0) is 72.1 Å². The van der Waals surface area contributed by atoms with Gasteiger partial charge in [-0.3, -0.25) is 0 Å². The molecule has 0 aliphatic rings. The second kappa shape index (κ2) is 8.99. The zero-order valence-corrected chi connectivity index (χ0v) is 19.0. The number of aryl methyl sites for hydroxylation is 2. The van der Waals surface area contributed by atoms with Crippen molar-refractivity contribution in [1.82, 2.24) is 4.98 Å². The predicted molar refractivity (Wildman–Crippen MR) is 132 cm³/mol. The van der Waals surface area contributed by atoms with Crippen molar-refractivity contribution in [2.75, 3.05) is 0 Å². The fourth-order valence-electron chi connectivity index (χ4n) is 4.26. The van der Waals surface area contributed by atoms with Gasteiger partial charge in [-0.2, -0.15) is 4.57 Å². The lowest BCUT2D eigenvalue weighted by Gasteiger charge is -2.12. The van der Waals surface area contributed by atoms with E-state index in [1.165, 1.54) is 24.3 Å². The first-order valence-corrected chi connectivity index (χ1v) is 11.1. The Bertz CT molecular complexity index is 1480. The summed E-state index contributed by atoms with van der Waals surface area (Å²) in [5, 5.41) is 0. The summed E-state index contributed by atoms with van der Waals surface area (Å²) in [5.74, 6) is -0.589. The molecule has 0 aliphatic heterocycles. The Morgan fingerprint density at radius 2 is 1.32 bits per heavy atom. The number of aromatic nitrogens is 2. The Morgan fingerprint density at radius 1 is 0.647 bits per heavy atom. The average Bonchev–Trinajstić information content (AvgIpc) is 2.85. The van der Waals surface area contributed by atoms with E-state index >= 15 is 0 Å². The Labute approximate surface area is 197 Å². The van der Waals surface area contributed by atoms with Crippen LogP contribution in [-0.2, 0) is 7.05 Å². The molecule has 2 nitrogen and oxygen atoms in total. The quantitative estimate of drug-likeness (QED) is 0.266. The molecule has 0 saturated heterocycles. The molecular weight excluding hydrogens is 426 g/mol. The van der Waals surface area contributed by atoms with Gasteiger partial charge >= 0.3 is 0 Å². The van der Waals surface area contributed by atoms with Crippen molar-refractivity contribution < 1.29 is 13.3 Å². The van der Waals surface area contributed by atoms with Gasteiger partial charge in [0, 0.05) is 11.1 Å². The third kappa shape index (κ3) is 4.23.